The van der Waals surface area contributed by atoms with Crippen molar-refractivity contribution < 1.29 is 9.84 Å². The highest BCUT2D eigenvalue weighted by Gasteiger charge is 2.30. The number of aliphatic hydroxyl groups is 1. The zero-order valence-corrected chi connectivity index (χ0v) is 8.59. The molecule has 0 aromatic carbocycles. The number of hydrogen-bond donors (Lipinski definition) is 2. The molecule has 1 fully saturated rings. The Morgan fingerprint density at radius 2 is 2.43 bits per heavy atom. The van der Waals surface area contributed by atoms with E-state index in [2.05, 4.69) is 5.32 Å². The molecule has 0 aromatic heterocycles. The third kappa shape index (κ3) is 2.49. The van der Waals surface area contributed by atoms with E-state index in [9.17, 15) is 5.11 Å². The third-order valence-electron chi connectivity index (χ3n) is 3.02. The molecule has 1 unspecified atom stereocenters. The van der Waals surface area contributed by atoms with Gasteiger partial charge in [-0.25, -0.2) is 0 Å². The van der Waals surface area contributed by atoms with Crippen LogP contribution in [0.2, 0.25) is 0 Å². The first kappa shape index (κ1) is 9.99. The van der Waals surface area contributed by atoms with Crippen LogP contribution in [0.3, 0.4) is 0 Å². The van der Waals surface area contributed by atoms with Crippen LogP contribution in [0.4, 0.5) is 0 Å². The monoisotopic (exact) mass is 197 g/mol. The van der Waals surface area contributed by atoms with Gasteiger partial charge in [0.1, 0.15) is 0 Å². The summed E-state index contributed by atoms with van der Waals surface area (Å²) in [6.45, 7) is 2.60. The lowest BCUT2D eigenvalue weighted by atomic mass is 9.86. The minimum Gasteiger partial charge on any atom is -0.501 e. The predicted molar refractivity (Wildman–Crippen MR) is 54.9 cm³/mol. The Morgan fingerprint density at radius 3 is 3.07 bits per heavy atom. The molecule has 0 radical (unpaired) electrons. The van der Waals surface area contributed by atoms with Crippen molar-refractivity contribution in [2.45, 2.75) is 37.7 Å². The largest absolute Gasteiger partial charge is 0.501 e. The normalized spacial score (nSPS) is 33.4. The number of rotatable bonds is 2. The zero-order chi connectivity index (χ0) is 9.86. The minimum atomic E-state index is -0.523. The van der Waals surface area contributed by atoms with Crippen molar-refractivity contribution in [1.82, 2.24) is 5.32 Å². The SMILES string of the molecule is OC1(CC2=COCCC2)CCCNC1. The van der Waals surface area contributed by atoms with Gasteiger partial charge in [-0.2, -0.15) is 0 Å². The van der Waals surface area contributed by atoms with E-state index in [1.165, 1.54) is 5.57 Å². The maximum absolute atomic E-state index is 10.3. The summed E-state index contributed by atoms with van der Waals surface area (Å²) in [5, 5.41) is 13.5. The van der Waals surface area contributed by atoms with E-state index in [0.29, 0.717) is 0 Å². The number of β-amino-alcohol motifs (C(OH)–C–C–N with tert-alkyl or cyclic N) is 1. The first-order chi connectivity index (χ1) is 6.79. The highest BCUT2D eigenvalue weighted by atomic mass is 16.5. The molecular formula is C11H19NO2. The average molecular weight is 197 g/mol. The van der Waals surface area contributed by atoms with Crippen LogP contribution in [0.5, 0.6) is 0 Å². The summed E-state index contributed by atoms with van der Waals surface area (Å²) in [5.41, 5.74) is 0.743. The molecule has 3 heteroatoms. The molecule has 3 nitrogen and oxygen atoms in total. The van der Waals surface area contributed by atoms with E-state index in [-0.39, 0.29) is 0 Å². The summed E-state index contributed by atoms with van der Waals surface area (Å²) in [7, 11) is 0. The second-order valence-corrected chi connectivity index (χ2v) is 4.43. The highest BCUT2D eigenvalue weighted by Crippen LogP contribution is 2.27. The molecule has 80 valence electrons. The molecule has 14 heavy (non-hydrogen) atoms. The average Bonchev–Trinajstić information content (AvgIpc) is 2.19. The Kier molecular flexibility index (Phi) is 3.08. The van der Waals surface area contributed by atoms with Crippen molar-refractivity contribution in [2.24, 2.45) is 0 Å². The van der Waals surface area contributed by atoms with Crippen molar-refractivity contribution in [3.63, 3.8) is 0 Å². The van der Waals surface area contributed by atoms with Crippen molar-refractivity contribution in [2.75, 3.05) is 19.7 Å². The number of hydrogen-bond acceptors (Lipinski definition) is 3. The molecule has 2 aliphatic rings. The number of nitrogens with one attached hydrogen (secondary N) is 1. The fourth-order valence-corrected chi connectivity index (χ4v) is 2.27. The maximum atomic E-state index is 10.3. The van der Waals surface area contributed by atoms with Gasteiger partial charge in [0, 0.05) is 13.0 Å². The Balaban J connectivity index is 1.90. The fourth-order valence-electron chi connectivity index (χ4n) is 2.27. The topological polar surface area (TPSA) is 41.5 Å². The summed E-state index contributed by atoms with van der Waals surface area (Å²) in [5.74, 6) is 0. The lowest BCUT2D eigenvalue weighted by Crippen LogP contribution is -2.45. The van der Waals surface area contributed by atoms with Crippen LogP contribution in [-0.2, 0) is 4.74 Å². The summed E-state index contributed by atoms with van der Waals surface area (Å²) >= 11 is 0. The Hall–Kier alpha value is -0.540. The van der Waals surface area contributed by atoms with E-state index in [1.54, 1.807) is 0 Å². The van der Waals surface area contributed by atoms with E-state index in [0.717, 1.165) is 51.8 Å². The van der Waals surface area contributed by atoms with Gasteiger partial charge in [0.15, 0.2) is 0 Å². The van der Waals surface area contributed by atoms with Crippen molar-refractivity contribution in [3.8, 4) is 0 Å². The maximum Gasteiger partial charge on any atom is 0.0876 e. The minimum absolute atomic E-state index is 0.523. The summed E-state index contributed by atoms with van der Waals surface area (Å²) in [4.78, 5) is 0. The molecule has 2 aliphatic heterocycles. The molecule has 2 rings (SSSR count). The van der Waals surface area contributed by atoms with E-state index >= 15 is 0 Å². The van der Waals surface area contributed by atoms with Crippen LogP contribution in [0.1, 0.15) is 32.1 Å². The Bertz CT molecular complexity index is 219. The van der Waals surface area contributed by atoms with Crippen LogP contribution < -0.4 is 5.32 Å². The van der Waals surface area contributed by atoms with Crippen molar-refractivity contribution in [3.05, 3.63) is 11.8 Å². The zero-order valence-electron chi connectivity index (χ0n) is 8.59. The first-order valence-electron chi connectivity index (χ1n) is 5.51. The van der Waals surface area contributed by atoms with E-state index in [1.807, 2.05) is 6.26 Å². The molecule has 1 atom stereocenters. The van der Waals surface area contributed by atoms with Gasteiger partial charge in [0.05, 0.1) is 18.5 Å². The molecule has 0 bridgehead atoms. The standard InChI is InChI=1S/C11H19NO2/c13-11(4-2-5-12-9-11)7-10-3-1-6-14-8-10/h8,12-13H,1-7,9H2. The van der Waals surface area contributed by atoms with Gasteiger partial charge in [-0.3, -0.25) is 0 Å². The molecule has 0 spiro atoms. The van der Waals surface area contributed by atoms with Gasteiger partial charge >= 0.3 is 0 Å². The van der Waals surface area contributed by atoms with Gasteiger partial charge in [0.2, 0.25) is 0 Å². The smallest absolute Gasteiger partial charge is 0.0876 e. The Labute approximate surface area is 85.1 Å². The number of piperidine rings is 1. The van der Waals surface area contributed by atoms with Crippen LogP contribution >= 0.6 is 0 Å². The quantitative estimate of drug-likeness (QED) is 0.698. The van der Waals surface area contributed by atoms with Crippen LogP contribution in [0.25, 0.3) is 0 Å². The van der Waals surface area contributed by atoms with E-state index in [4.69, 9.17) is 4.74 Å². The van der Waals surface area contributed by atoms with Gasteiger partial charge in [-0.05, 0) is 37.8 Å². The molecule has 2 N–H and O–H groups in total. The van der Waals surface area contributed by atoms with Crippen LogP contribution in [0, 0.1) is 0 Å². The van der Waals surface area contributed by atoms with Gasteiger partial charge in [0.25, 0.3) is 0 Å². The van der Waals surface area contributed by atoms with Crippen LogP contribution in [0.15, 0.2) is 11.8 Å². The lowest BCUT2D eigenvalue weighted by molar-refractivity contribution is 0.0144. The summed E-state index contributed by atoms with van der Waals surface area (Å²) in [6.07, 6.45) is 6.79. The lowest BCUT2D eigenvalue weighted by Gasteiger charge is -2.34. The second kappa shape index (κ2) is 4.32. The molecule has 0 amide bonds. The van der Waals surface area contributed by atoms with Crippen molar-refractivity contribution >= 4 is 0 Å². The third-order valence-corrected chi connectivity index (χ3v) is 3.02. The predicted octanol–water partition coefficient (Wildman–Crippen LogP) is 1.19. The van der Waals surface area contributed by atoms with E-state index < -0.39 is 5.60 Å². The van der Waals surface area contributed by atoms with Gasteiger partial charge in [-0.1, -0.05) is 0 Å². The molecule has 0 aliphatic carbocycles. The second-order valence-electron chi connectivity index (χ2n) is 4.43. The molecule has 0 saturated carbocycles. The van der Waals surface area contributed by atoms with Gasteiger partial charge < -0.3 is 15.2 Å². The summed E-state index contributed by atoms with van der Waals surface area (Å²) in [6, 6.07) is 0. The Morgan fingerprint density at radius 1 is 1.50 bits per heavy atom. The van der Waals surface area contributed by atoms with Crippen LogP contribution in [-0.4, -0.2) is 30.4 Å². The number of ether oxygens (including phenoxy) is 1. The fraction of sp³-hybridized carbons (Fsp3) is 0.818. The first-order valence-corrected chi connectivity index (χ1v) is 5.51. The molecule has 2 heterocycles. The molecule has 0 aromatic rings. The van der Waals surface area contributed by atoms with Gasteiger partial charge in [-0.15, -0.1) is 0 Å². The summed E-state index contributed by atoms with van der Waals surface area (Å²) < 4.78 is 5.28. The molecular weight excluding hydrogens is 178 g/mol. The highest BCUT2D eigenvalue weighted by molar-refractivity contribution is 5.07. The molecule has 1 saturated heterocycles. The van der Waals surface area contributed by atoms with Crippen molar-refractivity contribution in [1.29, 1.82) is 0 Å².